The first-order valence-corrected chi connectivity index (χ1v) is 3.52. The Hall–Kier alpha value is 0.250. The van der Waals surface area contributed by atoms with Gasteiger partial charge < -0.3 is 5.32 Å². The summed E-state index contributed by atoms with van der Waals surface area (Å²) < 4.78 is 0. The van der Waals surface area contributed by atoms with Crippen molar-refractivity contribution in [3.05, 3.63) is 0 Å². The SMILES string of the molecule is CC12CCC(C1)NC2.Cl. The number of piperidine rings is 1. The molecule has 0 aromatic heterocycles. The molecule has 2 unspecified atom stereocenters. The first kappa shape index (κ1) is 7.36. The Balaban J connectivity index is 0.000000405. The molecule has 1 nitrogen and oxygen atoms in total. The van der Waals surface area contributed by atoms with Crippen LogP contribution in [0.1, 0.15) is 26.2 Å². The van der Waals surface area contributed by atoms with E-state index in [0.717, 1.165) is 6.04 Å². The van der Waals surface area contributed by atoms with Crippen LogP contribution in [0, 0.1) is 5.41 Å². The third kappa shape index (κ3) is 1.08. The van der Waals surface area contributed by atoms with Gasteiger partial charge in [0.25, 0.3) is 0 Å². The zero-order chi connectivity index (χ0) is 5.61. The van der Waals surface area contributed by atoms with Gasteiger partial charge in [-0.15, -0.1) is 12.4 Å². The lowest BCUT2D eigenvalue weighted by Gasteiger charge is -2.19. The molecule has 2 atom stereocenters. The van der Waals surface area contributed by atoms with E-state index in [1.54, 1.807) is 0 Å². The van der Waals surface area contributed by atoms with Gasteiger partial charge in [-0.2, -0.15) is 0 Å². The van der Waals surface area contributed by atoms with Gasteiger partial charge in [0.1, 0.15) is 0 Å². The van der Waals surface area contributed by atoms with Gasteiger partial charge in [0.2, 0.25) is 0 Å². The van der Waals surface area contributed by atoms with E-state index >= 15 is 0 Å². The zero-order valence-corrected chi connectivity index (χ0v) is 6.63. The van der Waals surface area contributed by atoms with Crippen molar-refractivity contribution < 1.29 is 0 Å². The molecule has 0 radical (unpaired) electrons. The maximum Gasteiger partial charge on any atom is 0.00731 e. The van der Waals surface area contributed by atoms with Crippen molar-refractivity contribution in [3.63, 3.8) is 0 Å². The summed E-state index contributed by atoms with van der Waals surface area (Å²) in [7, 11) is 0. The minimum Gasteiger partial charge on any atom is -0.313 e. The average molecular weight is 148 g/mol. The summed E-state index contributed by atoms with van der Waals surface area (Å²) in [5.41, 5.74) is 0.699. The number of nitrogens with one attached hydrogen (secondary N) is 1. The predicted molar refractivity (Wildman–Crippen MR) is 41.0 cm³/mol. The predicted octanol–water partition coefficient (Wildman–Crippen LogP) is 1.57. The van der Waals surface area contributed by atoms with Crippen LogP contribution < -0.4 is 5.32 Å². The molecule has 1 aliphatic heterocycles. The van der Waals surface area contributed by atoms with Crippen LogP contribution in [-0.4, -0.2) is 12.6 Å². The fraction of sp³-hybridized carbons (Fsp3) is 1.00. The van der Waals surface area contributed by atoms with Crippen LogP contribution >= 0.6 is 12.4 Å². The van der Waals surface area contributed by atoms with E-state index in [-0.39, 0.29) is 12.4 Å². The summed E-state index contributed by atoms with van der Waals surface area (Å²) in [4.78, 5) is 0. The maximum atomic E-state index is 3.50. The third-order valence-corrected chi connectivity index (χ3v) is 2.65. The molecule has 1 aliphatic carbocycles. The van der Waals surface area contributed by atoms with Crippen LogP contribution in [0.15, 0.2) is 0 Å². The molecule has 1 saturated carbocycles. The number of hydrogen-bond donors (Lipinski definition) is 1. The van der Waals surface area contributed by atoms with Gasteiger partial charge in [0.15, 0.2) is 0 Å². The van der Waals surface area contributed by atoms with Crippen molar-refractivity contribution in [1.29, 1.82) is 0 Å². The second-order valence-electron chi connectivity index (χ2n) is 3.63. The first-order valence-electron chi connectivity index (χ1n) is 3.52. The molecule has 1 saturated heterocycles. The van der Waals surface area contributed by atoms with Gasteiger partial charge in [-0.05, 0) is 24.7 Å². The highest BCUT2D eigenvalue weighted by Crippen LogP contribution is 2.41. The molecule has 2 rings (SSSR count). The van der Waals surface area contributed by atoms with Gasteiger partial charge in [-0.25, -0.2) is 0 Å². The molecule has 2 fully saturated rings. The largest absolute Gasteiger partial charge is 0.313 e. The Morgan fingerprint density at radius 1 is 1.56 bits per heavy atom. The molecule has 1 N–H and O–H groups in total. The van der Waals surface area contributed by atoms with Gasteiger partial charge in [-0.3, -0.25) is 0 Å². The van der Waals surface area contributed by atoms with E-state index < -0.39 is 0 Å². The van der Waals surface area contributed by atoms with Gasteiger partial charge in [0, 0.05) is 12.6 Å². The van der Waals surface area contributed by atoms with Gasteiger partial charge in [0.05, 0.1) is 0 Å². The fourth-order valence-corrected chi connectivity index (χ4v) is 2.05. The molecule has 2 aliphatic rings. The van der Waals surface area contributed by atoms with E-state index in [1.165, 1.54) is 25.8 Å². The Morgan fingerprint density at radius 3 is 2.44 bits per heavy atom. The second kappa shape index (κ2) is 2.14. The minimum atomic E-state index is 0. The highest BCUT2D eigenvalue weighted by Gasteiger charge is 2.40. The van der Waals surface area contributed by atoms with E-state index in [4.69, 9.17) is 0 Å². The summed E-state index contributed by atoms with van der Waals surface area (Å²) in [5, 5.41) is 3.50. The first-order chi connectivity index (χ1) is 3.79. The quantitative estimate of drug-likeness (QED) is 0.549. The highest BCUT2D eigenvalue weighted by atomic mass is 35.5. The van der Waals surface area contributed by atoms with Gasteiger partial charge in [-0.1, -0.05) is 6.92 Å². The van der Waals surface area contributed by atoms with Crippen LogP contribution in [-0.2, 0) is 0 Å². The van der Waals surface area contributed by atoms with Crippen molar-refractivity contribution in [3.8, 4) is 0 Å². The average Bonchev–Trinajstić information content (AvgIpc) is 2.21. The number of hydrogen-bond acceptors (Lipinski definition) is 1. The Bertz CT molecular complexity index is 105. The van der Waals surface area contributed by atoms with E-state index in [0.29, 0.717) is 5.41 Å². The Labute approximate surface area is 62.6 Å². The Kier molecular flexibility index (Phi) is 1.75. The van der Waals surface area contributed by atoms with E-state index in [2.05, 4.69) is 12.2 Å². The zero-order valence-electron chi connectivity index (χ0n) is 5.81. The number of halogens is 1. The molecular weight excluding hydrogens is 134 g/mol. The molecular formula is C7H14ClN. The van der Waals surface area contributed by atoms with Crippen molar-refractivity contribution in [1.82, 2.24) is 5.32 Å². The molecule has 9 heavy (non-hydrogen) atoms. The summed E-state index contributed by atoms with van der Waals surface area (Å²) in [5.74, 6) is 0. The van der Waals surface area contributed by atoms with E-state index in [1.807, 2.05) is 0 Å². The Morgan fingerprint density at radius 2 is 2.33 bits per heavy atom. The summed E-state index contributed by atoms with van der Waals surface area (Å²) >= 11 is 0. The second-order valence-corrected chi connectivity index (χ2v) is 3.63. The van der Waals surface area contributed by atoms with Crippen LogP contribution in [0.3, 0.4) is 0 Å². The van der Waals surface area contributed by atoms with Crippen LogP contribution in [0.5, 0.6) is 0 Å². The lowest BCUT2D eigenvalue weighted by Crippen LogP contribution is -2.27. The summed E-state index contributed by atoms with van der Waals surface area (Å²) in [6.45, 7) is 3.67. The molecule has 0 aromatic rings. The fourth-order valence-electron chi connectivity index (χ4n) is 2.05. The smallest absolute Gasteiger partial charge is 0.00731 e. The summed E-state index contributed by atoms with van der Waals surface area (Å²) in [6, 6.07) is 0.889. The van der Waals surface area contributed by atoms with Crippen molar-refractivity contribution in [2.75, 3.05) is 6.54 Å². The third-order valence-electron chi connectivity index (χ3n) is 2.65. The van der Waals surface area contributed by atoms with Crippen LogP contribution in [0.25, 0.3) is 0 Å². The molecule has 0 aromatic carbocycles. The van der Waals surface area contributed by atoms with Crippen LogP contribution in [0.2, 0.25) is 0 Å². The van der Waals surface area contributed by atoms with Crippen molar-refractivity contribution in [2.45, 2.75) is 32.2 Å². The standard InChI is InChI=1S/C7H13N.ClH/c1-7-3-2-6(4-7)8-5-7;/h6,8H,2-5H2,1H3;1H. The molecule has 2 bridgehead atoms. The van der Waals surface area contributed by atoms with E-state index in [9.17, 15) is 0 Å². The molecule has 1 heterocycles. The number of fused-ring (bicyclic) bond motifs is 2. The van der Waals surface area contributed by atoms with Gasteiger partial charge >= 0.3 is 0 Å². The maximum absolute atomic E-state index is 3.50. The lowest BCUT2D eigenvalue weighted by atomic mass is 9.91. The summed E-state index contributed by atoms with van der Waals surface area (Å²) in [6.07, 6.45) is 4.33. The topological polar surface area (TPSA) is 12.0 Å². The highest BCUT2D eigenvalue weighted by molar-refractivity contribution is 5.85. The molecule has 54 valence electrons. The molecule has 2 heteroatoms. The normalized spacial score (nSPS) is 47.0. The monoisotopic (exact) mass is 147 g/mol. The van der Waals surface area contributed by atoms with Crippen molar-refractivity contribution >= 4 is 12.4 Å². The number of rotatable bonds is 0. The molecule has 0 spiro atoms. The minimum absolute atomic E-state index is 0. The van der Waals surface area contributed by atoms with Crippen LogP contribution in [0.4, 0.5) is 0 Å². The van der Waals surface area contributed by atoms with Crippen molar-refractivity contribution in [2.24, 2.45) is 5.41 Å². The molecule has 0 amide bonds. The lowest BCUT2D eigenvalue weighted by molar-refractivity contribution is 0.353.